The van der Waals surface area contributed by atoms with Crippen molar-refractivity contribution < 1.29 is 15.0 Å². The number of rotatable bonds is 1. The highest BCUT2D eigenvalue weighted by atomic mass is 16.3. The van der Waals surface area contributed by atoms with Crippen molar-refractivity contribution in [2.45, 2.75) is 77.9 Å². The second-order valence-electron chi connectivity index (χ2n) is 9.59. The van der Waals surface area contributed by atoms with Crippen LogP contribution in [0.2, 0.25) is 0 Å². The van der Waals surface area contributed by atoms with E-state index in [4.69, 9.17) is 0 Å². The quantitative estimate of drug-likeness (QED) is 0.773. The summed E-state index contributed by atoms with van der Waals surface area (Å²) in [6.07, 6.45) is 8.04. The summed E-state index contributed by atoms with van der Waals surface area (Å²) in [5.74, 6) is 2.03. The number of ketones is 1. The third kappa shape index (κ3) is 2.13. The van der Waals surface area contributed by atoms with Crippen LogP contribution in [-0.2, 0) is 4.79 Å². The van der Waals surface area contributed by atoms with Gasteiger partial charge in [0, 0.05) is 6.42 Å². The van der Waals surface area contributed by atoms with Gasteiger partial charge in [0.2, 0.25) is 0 Å². The summed E-state index contributed by atoms with van der Waals surface area (Å²) >= 11 is 0. The molecule has 3 heteroatoms. The average molecular weight is 332 g/mol. The minimum atomic E-state index is -0.308. The van der Waals surface area contributed by atoms with E-state index in [1.165, 1.54) is 12.0 Å². The maximum Gasteiger partial charge on any atom is 0.155 e. The zero-order valence-electron chi connectivity index (χ0n) is 15.3. The summed E-state index contributed by atoms with van der Waals surface area (Å²) in [5, 5.41) is 21.5. The Labute approximate surface area is 145 Å². The predicted molar refractivity (Wildman–Crippen MR) is 93.3 cm³/mol. The zero-order valence-corrected chi connectivity index (χ0v) is 15.3. The molecule has 0 aliphatic heterocycles. The van der Waals surface area contributed by atoms with Crippen molar-refractivity contribution in [3.8, 4) is 0 Å². The Morgan fingerprint density at radius 3 is 2.67 bits per heavy atom. The molecule has 4 aliphatic rings. The lowest BCUT2D eigenvalue weighted by Gasteiger charge is -2.60. The van der Waals surface area contributed by atoms with Crippen molar-refractivity contribution in [2.24, 2.45) is 34.5 Å². The summed E-state index contributed by atoms with van der Waals surface area (Å²) in [7, 11) is 0. The van der Waals surface area contributed by atoms with Crippen molar-refractivity contribution in [3.63, 3.8) is 0 Å². The van der Waals surface area contributed by atoms with Crippen molar-refractivity contribution in [3.05, 3.63) is 11.6 Å². The largest absolute Gasteiger partial charge is 0.393 e. The van der Waals surface area contributed by atoms with E-state index < -0.39 is 0 Å². The summed E-state index contributed by atoms with van der Waals surface area (Å²) < 4.78 is 0. The van der Waals surface area contributed by atoms with Gasteiger partial charge in [0.1, 0.15) is 0 Å². The van der Waals surface area contributed by atoms with Gasteiger partial charge in [0.15, 0.2) is 5.78 Å². The lowest BCUT2D eigenvalue weighted by atomic mass is 9.46. The van der Waals surface area contributed by atoms with Crippen LogP contribution in [0.3, 0.4) is 0 Å². The fraction of sp³-hybridized carbons (Fsp3) is 0.857. The molecule has 3 saturated carbocycles. The van der Waals surface area contributed by atoms with E-state index >= 15 is 0 Å². The Bertz CT molecular complexity index is 580. The minimum absolute atomic E-state index is 0.000487. The first kappa shape index (κ1) is 16.8. The molecule has 3 nitrogen and oxygen atoms in total. The van der Waals surface area contributed by atoms with Gasteiger partial charge in [0.05, 0.1) is 12.2 Å². The van der Waals surface area contributed by atoms with Gasteiger partial charge in [-0.05, 0) is 86.0 Å². The van der Waals surface area contributed by atoms with Crippen LogP contribution < -0.4 is 0 Å². The molecule has 0 aromatic heterocycles. The molecule has 0 saturated heterocycles. The molecule has 0 aromatic rings. The van der Waals surface area contributed by atoms with E-state index in [1.807, 2.05) is 13.0 Å². The maximum atomic E-state index is 11.9. The van der Waals surface area contributed by atoms with Gasteiger partial charge in [-0.3, -0.25) is 4.79 Å². The first-order valence-electron chi connectivity index (χ1n) is 9.87. The van der Waals surface area contributed by atoms with Crippen molar-refractivity contribution in [1.82, 2.24) is 0 Å². The zero-order chi connectivity index (χ0) is 17.3. The van der Waals surface area contributed by atoms with Gasteiger partial charge in [0.25, 0.3) is 0 Å². The molecule has 8 atom stereocenters. The first-order valence-corrected chi connectivity index (χ1v) is 9.87. The summed E-state index contributed by atoms with van der Waals surface area (Å²) in [6, 6.07) is 0. The van der Waals surface area contributed by atoms with E-state index in [0.717, 1.165) is 32.1 Å². The smallest absolute Gasteiger partial charge is 0.155 e. The molecule has 3 fully saturated rings. The fourth-order valence-electron chi connectivity index (χ4n) is 7.52. The molecule has 0 spiro atoms. The number of allylic oxidation sites excluding steroid dienone is 1. The highest BCUT2D eigenvalue weighted by Gasteiger charge is 2.62. The summed E-state index contributed by atoms with van der Waals surface area (Å²) in [5.41, 5.74) is 1.37. The number of hydrogen-bond acceptors (Lipinski definition) is 3. The topological polar surface area (TPSA) is 57.5 Å². The molecular weight excluding hydrogens is 300 g/mol. The van der Waals surface area contributed by atoms with Gasteiger partial charge in [-0.2, -0.15) is 0 Å². The predicted octanol–water partition coefficient (Wildman–Crippen LogP) is 3.49. The fourth-order valence-corrected chi connectivity index (χ4v) is 7.52. The third-order valence-corrected chi connectivity index (χ3v) is 8.55. The van der Waals surface area contributed by atoms with Crippen LogP contribution in [0.15, 0.2) is 11.6 Å². The van der Waals surface area contributed by atoms with Crippen molar-refractivity contribution in [1.29, 1.82) is 0 Å². The second kappa shape index (κ2) is 5.41. The lowest BCUT2D eigenvalue weighted by Crippen LogP contribution is -2.57. The second-order valence-corrected chi connectivity index (χ2v) is 9.59. The van der Waals surface area contributed by atoms with Gasteiger partial charge in [-0.15, -0.1) is 0 Å². The van der Waals surface area contributed by atoms with Crippen molar-refractivity contribution >= 4 is 5.78 Å². The third-order valence-electron chi connectivity index (χ3n) is 8.55. The average Bonchev–Trinajstić information content (AvgIpc) is 2.84. The SMILES string of the molecule is CC(O)[C@H]1CC[C@H]2[C@@H]3CCC4=CC(=O)CC[C@]4(C)[C@H]3[C@@H](O)C[C@]12C. The van der Waals surface area contributed by atoms with Crippen LogP contribution in [-0.4, -0.2) is 28.2 Å². The Morgan fingerprint density at radius 2 is 1.96 bits per heavy atom. The standard InChI is InChI=1S/C21H32O3/c1-12(22)16-6-7-17-15-5-4-13-10-14(23)8-9-20(13,2)19(15)18(24)11-21(16,17)3/h10,12,15-19,22,24H,4-9,11H2,1-3H3/t12?,15-,16+,17-,18-,19+,20-,21+/m0/s1. The monoisotopic (exact) mass is 332 g/mol. The van der Waals surface area contributed by atoms with Crippen LogP contribution in [0, 0.1) is 34.5 Å². The lowest BCUT2D eigenvalue weighted by molar-refractivity contribution is -0.140. The Balaban J connectivity index is 1.71. The summed E-state index contributed by atoms with van der Waals surface area (Å²) in [4.78, 5) is 11.9. The minimum Gasteiger partial charge on any atom is -0.393 e. The highest BCUT2D eigenvalue weighted by molar-refractivity contribution is 5.91. The number of carbonyl (C=O) groups excluding carboxylic acids is 1. The van der Waals surface area contributed by atoms with E-state index in [0.29, 0.717) is 24.2 Å². The Hall–Kier alpha value is -0.670. The molecule has 0 heterocycles. The van der Waals surface area contributed by atoms with Crippen molar-refractivity contribution in [2.75, 3.05) is 0 Å². The molecule has 0 radical (unpaired) electrons. The molecule has 24 heavy (non-hydrogen) atoms. The Morgan fingerprint density at radius 1 is 1.21 bits per heavy atom. The van der Waals surface area contributed by atoms with E-state index in [1.54, 1.807) is 0 Å². The number of fused-ring (bicyclic) bond motifs is 5. The van der Waals surface area contributed by atoms with E-state index in [-0.39, 0.29) is 34.7 Å². The normalized spacial score (nSPS) is 52.1. The van der Waals surface area contributed by atoms with Crippen LogP contribution in [0.5, 0.6) is 0 Å². The molecule has 1 unspecified atom stereocenters. The van der Waals surface area contributed by atoms with E-state index in [9.17, 15) is 15.0 Å². The molecule has 4 rings (SSSR count). The van der Waals surface area contributed by atoms with Gasteiger partial charge in [-0.1, -0.05) is 19.4 Å². The molecular formula is C21H32O3. The van der Waals surface area contributed by atoms with Crippen LogP contribution in [0.4, 0.5) is 0 Å². The Kier molecular flexibility index (Phi) is 3.78. The molecule has 0 aromatic carbocycles. The first-order chi connectivity index (χ1) is 11.3. The number of aliphatic hydroxyl groups excluding tert-OH is 2. The number of hydrogen-bond donors (Lipinski definition) is 2. The highest BCUT2D eigenvalue weighted by Crippen LogP contribution is 2.66. The molecule has 4 aliphatic carbocycles. The van der Waals surface area contributed by atoms with Crippen LogP contribution in [0.25, 0.3) is 0 Å². The van der Waals surface area contributed by atoms with Gasteiger partial charge >= 0.3 is 0 Å². The maximum absolute atomic E-state index is 11.9. The number of aliphatic hydroxyl groups is 2. The molecule has 134 valence electrons. The van der Waals surface area contributed by atoms with Crippen LogP contribution in [0.1, 0.15) is 65.7 Å². The van der Waals surface area contributed by atoms with E-state index in [2.05, 4.69) is 13.8 Å². The molecule has 2 N–H and O–H groups in total. The van der Waals surface area contributed by atoms with Crippen LogP contribution >= 0.6 is 0 Å². The van der Waals surface area contributed by atoms with Gasteiger partial charge in [-0.25, -0.2) is 0 Å². The molecule has 0 amide bonds. The number of carbonyl (C=O) groups is 1. The summed E-state index contributed by atoms with van der Waals surface area (Å²) in [6.45, 7) is 6.54. The van der Waals surface area contributed by atoms with Gasteiger partial charge < -0.3 is 10.2 Å². The molecule has 0 bridgehead atoms.